The lowest BCUT2D eigenvalue weighted by molar-refractivity contribution is 0.102. The third-order valence-electron chi connectivity index (χ3n) is 2.45. The predicted molar refractivity (Wildman–Crippen MR) is 65.9 cm³/mol. The Hall–Kier alpha value is -3.01. The largest absolute Gasteiger partial charge is 0.507 e. The maximum absolute atomic E-state index is 12.0. The molecule has 19 heavy (non-hydrogen) atoms. The average molecular weight is 258 g/mol. The Morgan fingerprint density at radius 3 is 3.05 bits per heavy atom. The van der Waals surface area contributed by atoms with Crippen molar-refractivity contribution >= 4 is 11.7 Å². The van der Waals surface area contributed by atoms with E-state index in [1.807, 2.05) is 6.07 Å². The summed E-state index contributed by atoms with van der Waals surface area (Å²) in [5.74, 6) is -0.142. The van der Waals surface area contributed by atoms with Crippen LogP contribution in [0.15, 0.2) is 24.4 Å². The van der Waals surface area contributed by atoms with Crippen LogP contribution >= 0.6 is 0 Å². The van der Waals surface area contributed by atoms with Gasteiger partial charge < -0.3 is 15.2 Å². The molecule has 3 N–H and O–H groups in total. The number of ether oxygens (including phenoxy) is 1. The summed E-state index contributed by atoms with van der Waals surface area (Å²) in [6.45, 7) is 0. The maximum atomic E-state index is 12.0. The molecule has 1 aromatic carbocycles. The Balaban J connectivity index is 2.28. The zero-order chi connectivity index (χ0) is 13.8. The van der Waals surface area contributed by atoms with E-state index in [1.54, 1.807) is 0 Å². The first kappa shape index (κ1) is 12.4. The predicted octanol–water partition coefficient (Wildman–Crippen LogP) is 1.25. The molecule has 7 heteroatoms. The van der Waals surface area contributed by atoms with Gasteiger partial charge in [-0.05, 0) is 18.2 Å². The fourth-order valence-corrected chi connectivity index (χ4v) is 1.47. The SMILES string of the molecule is COc1ccc(O)c(C(=O)Nc2[nH]ncc2C#N)c1. The van der Waals surface area contributed by atoms with E-state index in [0.29, 0.717) is 5.75 Å². The number of aromatic amines is 1. The molecule has 0 saturated carbocycles. The number of carbonyl (C=O) groups is 1. The van der Waals surface area contributed by atoms with Gasteiger partial charge in [-0.2, -0.15) is 10.4 Å². The summed E-state index contributed by atoms with van der Waals surface area (Å²) >= 11 is 0. The van der Waals surface area contributed by atoms with Gasteiger partial charge in [0.1, 0.15) is 28.9 Å². The zero-order valence-electron chi connectivity index (χ0n) is 9.97. The van der Waals surface area contributed by atoms with Gasteiger partial charge in [0.15, 0.2) is 0 Å². The molecule has 0 aliphatic rings. The van der Waals surface area contributed by atoms with E-state index in [9.17, 15) is 9.90 Å². The number of aromatic nitrogens is 2. The summed E-state index contributed by atoms with van der Waals surface area (Å²) in [7, 11) is 1.46. The number of carbonyl (C=O) groups excluding carboxylic acids is 1. The van der Waals surface area contributed by atoms with Gasteiger partial charge in [0.25, 0.3) is 5.91 Å². The quantitative estimate of drug-likeness (QED) is 0.767. The minimum atomic E-state index is -0.572. The van der Waals surface area contributed by atoms with Gasteiger partial charge in [0, 0.05) is 0 Å². The van der Waals surface area contributed by atoms with E-state index < -0.39 is 5.91 Å². The molecule has 0 bridgehead atoms. The third kappa shape index (κ3) is 2.47. The highest BCUT2D eigenvalue weighted by atomic mass is 16.5. The second-order valence-electron chi connectivity index (χ2n) is 3.61. The molecule has 0 atom stereocenters. The zero-order valence-corrected chi connectivity index (χ0v) is 9.97. The number of phenols is 1. The first-order chi connectivity index (χ1) is 9.15. The molecular weight excluding hydrogens is 248 g/mol. The monoisotopic (exact) mass is 258 g/mol. The molecule has 96 valence electrons. The summed E-state index contributed by atoms with van der Waals surface area (Å²) in [6, 6.07) is 6.15. The van der Waals surface area contributed by atoms with Crippen LogP contribution in [0.3, 0.4) is 0 Å². The van der Waals surface area contributed by atoms with Crippen LogP contribution in [-0.4, -0.2) is 28.3 Å². The van der Waals surface area contributed by atoms with Crippen molar-refractivity contribution in [3.63, 3.8) is 0 Å². The van der Waals surface area contributed by atoms with Crippen LogP contribution in [0.2, 0.25) is 0 Å². The van der Waals surface area contributed by atoms with Crippen molar-refractivity contribution in [3.05, 3.63) is 35.5 Å². The summed E-state index contributed by atoms with van der Waals surface area (Å²) in [6.07, 6.45) is 1.29. The molecule has 7 nitrogen and oxygen atoms in total. The van der Waals surface area contributed by atoms with Gasteiger partial charge >= 0.3 is 0 Å². The number of hydrogen-bond donors (Lipinski definition) is 3. The Morgan fingerprint density at radius 2 is 2.37 bits per heavy atom. The minimum Gasteiger partial charge on any atom is -0.507 e. The van der Waals surface area contributed by atoms with Crippen molar-refractivity contribution in [1.29, 1.82) is 5.26 Å². The lowest BCUT2D eigenvalue weighted by atomic mass is 10.1. The van der Waals surface area contributed by atoms with Crippen LogP contribution in [0, 0.1) is 11.3 Å². The molecule has 0 fully saturated rings. The smallest absolute Gasteiger partial charge is 0.260 e. The molecule has 2 aromatic rings. The number of nitrogens with zero attached hydrogens (tertiary/aromatic N) is 2. The summed E-state index contributed by atoms with van der Waals surface area (Å²) in [5, 5.41) is 27.0. The Kier molecular flexibility index (Phi) is 3.34. The van der Waals surface area contributed by atoms with Crippen molar-refractivity contribution in [2.24, 2.45) is 0 Å². The molecule has 2 rings (SSSR count). The van der Waals surface area contributed by atoms with Crippen LogP contribution < -0.4 is 10.1 Å². The number of phenolic OH excluding ortho intramolecular Hbond substituents is 1. The second-order valence-corrected chi connectivity index (χ2v) is 3.61. The number of nitriles is 1. The van der Waals surface area contributed by atoms with Gasteiger partial charge in [-0.25, -0.2) is 0 Å². The summed E-state index contributed by atoms with van der Waals surface area (Å²) in [4.78, 5) is 12.0. The molecule has 1 heterocycles. The molecule has 0 aliphatic carbocycles. The fourth-order valence-electron chi connectivity index (χ4n) is 1.47. The van der Waals surface area contributed by atoms with Crippen molar-refractivity contribution in [2.75, 3.05) is 12.4 Å². The van der Waals surface area contributed by atoms with Crippen LogP contribution in [0.4, 0.5) is 5.82 Å². The maximum Gasteiger partial charge on any atom is 0.260 e. The lowest BCUT2D eigenvalue weighted by Crippen LogP contribution is -2.13. The van der Waals surface area contributed by atoms with Gasteiger partial charge in [0.05, 0.1) is 18.9 Å². The standard InChI is InChI=1S/C12H10N4O3/c1-19-8-2-3-10(17)9(4-8)12(18)15-11-7(5-13)6-14-16-11/h2-4,6,17H,1H3,(H2,14,15,16,18). The Bertz CT molecular complexity index is 657. The van der Waals surface area contributed by atoms with E-state index in [2.05, 4.69) is 15.5 Å². The number of amides is 1. The second kappa shape index (κ2) is 5.10. The van der Waals surface area contributed by atoms with Crippen LogP contribution in [0.5, 0.6) is 11.5 Å². The third-order valence-corrected chi connectivity index (χ3v) is 2.45. The Labute approximate surface area is 108 Å². The van der Waals surface area contributed by atoms with E-state index >= 15 is 0 Å². The average Bonchev–Trinajstić information content (AvgIpc) is 2.86. The van der Waals surface area contributed by atoms with E-state index in [1.165, 1.54) is 31.5 Å². The Morgan fingerprint density at radius 1 is 1.58 bits per heavy atom. The van der Waals surface area contributed by atoms with Gasteiger partial charge in [-0.15, -0.1) is 0 Å². The number of methoxy groups -OCH3 is 1. The van der Waals surface area contributed by atoms with Crippen molar-refractivity contribution in [1.82, 2.24) is 10.2 Å². The number of aromatic hydroxyl groups is 1. The molecule has 1 amide bonds. The molecule has 0 unspecified atom stereocenters. The number of nitrogens with one attached hydrogen (secondary N) is 2. The molecule has 1 aromatic heterocycles. The number of hydrogen-bond acceptors (Lipinski definition) is 5. The number of H-pyrrole nitrogens is 1. The van der Waals surface area contributed by atoms with Crippen LogP contribution in [-0.2, 0) is 0 Å². The number of rotatable bonds is 3. The van der Waals surface area contributed by atoms with Crippen LogP contribution in [0.1, 0.15) is 15.9 Å². The highest BCUT2D eigenvalue weighted by Gasteiger charge is 2.15. The minimum absolute atomic E-state index is 0.0397. The highest BCUT2D eigenvalue weighted by molar-refractivity contribution is 6.06. The molecule has 0 radical (unpaired) electrons. The highest BCUT2D eigenvalue weighted by Crippen LogP contribution is 2.24. The topological polar surface area (TPSA) is 111 Å². The summed E-state index contributed by atoms with van der Waals surface area (Å²) in [5.41, 5.74) is 0.244. The van der Waals surface area contributed by atoms with Gasteiger partial charge in [0.2, 0.25) is 0 Å². The molecule has 0 aliphatic heterocycles. The van der Waals surface area contributed by atoms with E-state index in [4.69, 9.17) is 10.00 Å². The first-order valence-electron chi connectivity index (χ1n) is 5.27. The van der Waals surface area contributed by atoms with Crippen molar-refractivity contribution < 1.29 is 14.6 Å². The molecule has 0 saturated heterocycles. The summed E-state index contributed by atoms with van der Waals surface area (Å²) < 4.78 is 4.98. The molecular formula is C12H10N4O3. The van der Waals surface area contributed by atoms with E-state index in [-0.39, 0.29) is 22.7 Å². The van der Waals surface area contributed by atoms with Crippen LogP contribution in [0.25, 0.3) is 0 Å². The van der Waals surface area contributed by atoms with E-state index in [0.717, 1.165) is 0 Å². The van der Waals surface area contributed by atoms with Gasteiger partial charge in [-0.3, -0.25) is 9.89 Å². The van der Waals surface area contributed by atoms with Crippen molar-refractivity contribution in [2.45, 2.75) is 0 Å². The normalized spacial score (nSPS) is 9.68. The number of benzene rings is 1. The van der Waals surface area contributed by atoms with Gasteiger partial charge in [-0.1, -0.05) is 0 Å². The first-order valence-corrected chi connectivity index (χ1v) is 5.27. The molecule has 0 spiro atoms. The lowest BCUT2D eigenvalue weighted by Gasteiger charge is -2.07. The van der Waals surface area contributed by atoms with Crippen molar-refractivity contribution in [3.8, 4) is 17.6 Å². The number of anilines is 1. The fraction of sp³-hybridized carbons (Fsp3) is 0.0833.